The third-order valence-electron chi connectivity index (χ3n) is 2.80. The number of phenolic OH excluding ortho intramolecular Hbond substituents is 1. The maximum absolute atomic E-state index is 11.8. The van der Waals surface area contributed by atoms with Crippen molar-refractivity contribution < 1.29 is 13.5 Å². The molecule has 4 nitrogen and oxygen atoms in total. The van der Waals surface area contributed by atoms with Crippen LogP contribution in [0.4, 0.5) is 0 Å². The zero-order chi connectivity index (χ0) is 15.0. The first-order valence-corrected chi connectivity index (χ1v) is 8.14. The quantitative estimate of drug-likeness (QED) is 0.618. The molecule has 0 aliphatic rings. The molecule has 1 aromatic carbocycles. The number of nitrogens with zero attached hydrogens (tertiary/aromatic N) is 1. The second-order valence-corrected chi connectivity index (χ2v) is 6.32. The van der Waals surface area contributed by atoms with Crippen LogP contribution < -0.4 is 0 Å². The minimum Gasteiger partial charge on any atom is -0.508 e. The molecule has 1 N–H and O–H groups in total. The lowest BCUT2D eigenvalue weighted by Crippen LogP contribution is -1.96. The van der Waals surface area contributed by atoms with Crippen LogP contribution in [-0.4, -0.2) is 19.7 Å². The van der Waals surface area contributed by atoms with E-state index in [0.29, 0.717) is 12.3 Å². The van der Waals surface area contributed by atoms with Crippen LogP contribution in [0.25, 0.3) is 0 Å². The summed E-state index contributed by atoms with van der Waals surface area (Å²) >= 11 is 0. The van der Waals surface area contributed by atoms with Crippen molar-refractivity contribution in [2.24, 2.45) is 10.3 Å². The topological polar surface area (TPSA) is 66.7 Å². The molecule has 0 fully saturated rings. The highest BCUT2D eigenvalue weighted by Gasteiger charge is 2.10. The van der Waals surface area contributed by atoms with Gasteiger partial charge in [0.2, 0.25) is 0 Å². The van der Waals surface area contributed by atoms with Crippen LogP contribution in [0.15, 0.2) is 45.7 Å². The molecule has 0 spiro atoms. The fourth-order valence-electron chi connectivity index (χ4n) is 1.74. The molecule has 1 rings (SSSR count). The lowest BCUT2D eigenvalue weighted by Gasteiger charge is -2.01. The number of aromatic hydroxyl groups is 1. The molecular weight excluding hydrogens is 274 g/mol. The molecule has 0 saturated carbocycles. The molecule has 0 aliphatic carbocycles. The lowest BCUT2D eigenvalue weighted by molar-refractivity contribution is 0.475. The van der Waals surface area contributed by atoms with E-state index >= 15 is 0 Å². The summed E-state index contributed by atoms with van der Waals surface area (Å²) < 4.78 is 27.3. The highest BCUT2D eigenvalue weighted by molar-refractivity contribution is 7.90. The van der Waals surface area contributed by atoms with Crippen LogP contribution in [0.2, 0.25) is 0 Å². The van der Waals surface area contributed by atoms with Crippen LogP contribution in [0.5, 0.6) is 5.75 Å². The van der Waals surface area contributed by atoms with E-state index in [2.05, 4.69) is 24.3 Å². The van der Waals surface area contributed by atoms with Crippen LogP contribution >= 0.6 is 0 Å². The van der Waals surface area contributed by atoms with Crippen molar-refractivity contribution in [2.75, 3.05) is 0 Å². The Morgan fingerprint density at radius 2 is 1.95 bits per heavy atom. The second kappa shape index (κ2) is 7.85. The zero-order valence-electron chi connectivity index (χ0n) is 11.9. The smallest absolute Gasteiger partial charge is 0.281 e. The van der Waals surface area contributed by atoms with Gasteiger partial charge in [0.15, 0.2) is 0 Å². The van der Waals surface area contributed by atoms with Crippen LogP contribution in [0.3, 0.4) is 0 Å². The van der Waals surface area contributed by atoms with Gasteiger partial charge in [0.05, 0.1) is 4.90 Å². The molecule has 0 saturated heterocycles. The minimum absolute atomic E-state index is 0.0285. The van der Waals surface area contributed by atoms with Gasteiger partial charge in [-0.1, -0.05) is 32.4 Å². The molecule has 1 atom stereocenters. The van der Waals surface area contributed by atoms with E-state index in [1.807, 2.05) is 6.08 Å². The monoisotopic (exact) mass is 295 g/mol. The average Bonchev–Trinajstić information content (AvgIpc) is 2.39. The Morgan fingerprint density at radius 3 is 2.55 bits per heavy atom. The van der Waals surface area contributed by atoms with E-state index < -0.39 is 10.0 Å². The zero-order valence-corrected chi connectivity index (χ0v) is 12.7. The molecule has 0 aromatic heterocycles. The van der Waals surface area contributed by atoms with E-state index in [4.69, 9.17) is 5.11 Å². The molecule has 0 radical (unpaired) electrons. The summed E-state index contributed by atoms with van der Waals surface area (Å²) in [5.74, 6) is 0.530. The molecule has 1 unspecified atom stereocenters. The van der Waals surface area contributed by atoms with Crippen molar-refractivity contribution in [1.29, 1.82) is 0 Å². The second-order valence-electron chi connectivity index (χ2n) is 4.69. The van der Waals surface area contributed by atoms with Gasteiger partial charge in [0.1, 0.15) is 5.75 Å². The Labute approximate surface area is 120 Å². The Hall–Kier alpha value is -1.62. The number of allylic oxidation sites excluding steroid dienone is 2. The Morgan fingerprint density at radius 1 is 1.30 bits per heavy atom. The van der Waals surface area contributed by atoms with E-state index in [1.165, 1.54) is 30.5 Å². The molecule has 1 aromatic rings. The number of sulfonamides is 1. The van der Waals surface area contributed by atoms with Crippen molar-refractivity contribution in [3.05, 3.63) is 36.4 Å². The first-order chi connectivity index (χ1) is 9.45. The molecule has 0 heterocycles. The third kappa shape index (κ3) is 5.57. The summed E-state index contributed by atoms with van der Waals surface area (Å²) in [6.45, 7) is 4.26. The normalized spacial score (nSPS) is 14.1. The molecule has 5 heteroatoms. The SMILES string of the molecule is CCCC(C)/C=C\C/C=N/S(=O)(=O)c1ccc(O)cc1. The molecule has 0 bridgehead atoms. The average molecular weight is 295 g/mol. The standard InChI is InChI=1S/C15H21NO3S/c1-3-6-13(2)7-4-5-12-16-20(18,19)15-10-8-14(17)9-11-15/h4,7-13,17H,3,5-6H2,1-2H3/b7-4-,16-12+. The predicted molar refractivity (Wildman–Crippen MR) is 81.6 cm³/mol. The Balaban J connectivity index is 2.58. The van der Waals surface area contributed by atoms with Crippen LogP contribution in [0, 0.1) is 5.92 Å². The van der Waals surface area contributed by atoms with Crippen LogP contribution in [0.1, 0.15) is 33.1 Å². The van der Waals surface area contributed by atoms with Crippen molar-refractivity contribution >= 4 is 16.2 Å². The predicted octanol–water partition coefficient (Wildman–Crippen LogP) is 3.53. The van der Waals surface area contributed by atoms with E-state index in [0.717, 1.165) is 12.8 Å². The van der Waals surface area contributed by atoms with Crippen LogP contribution in [-0.2, 0) is 10.0 Å². The molecular formula is C15H21NO3S. The van der Waals surface area contributed by atoms with Gasteiger partial charge in [-0.25, -0.2) is 0 Å². The van der Waals surface area contributed by atoms with Crippen molar-refractivity contribution in [3.63, 3.8) is 0 Å². The summed E-state index contributed by atoms with van der Waals surface area (Å²) in [5.41, 5.74) is 0. The fraction of sp³-hybridized carbons (Fsp3) is 0.400. The number of rotatable bonds is 7. The molecule has 20 heavy (non-hydrogen) atoms. The minimum atomic E-state index is -3.66. The third-order valence-corrected chi connectivity index (χ3v) is 4.09. The first-order valence-electron chi connectivity index (χ1n) is 6.70. The van der Waals surface area contributed by atoms with Gasteiger partial charge in [-0.05, 0) is 36.6 Å². The summed E-state index contributed by atoms with van der Waals surface area (Å²) in [6.07, 6.45) is 8.13. The van der Waals surface area contributed by atoms with Crippen molar-refractivity contribution in [2.45, 2.75) is 38.0 Å². The number of benzene rings is 1. The first kappa shape index (κ1) is 16.4. The summed E-state index contributed by atoms with van der Waals surface area (Å²) in [4.78, 5) is 0.0786. The summed E-state index contributed by atoms with van der Waals surface area (Å²) in [6, 6.07) is 5.33. The molecule has 110 valence electrons. The highest BCUT2D eigenvalue weighted by atomic mass is 32.2. The van der Waals surface area contributed by atoms with Gasteiger partial charge >= 0.3 is 0 Å². The fourth-order valence-corrected chi connectivity index (χ4v) is 2.63. The largest absolute Gasteiger partial charge is 0.508 e. The lowest BCUT2D eigenvalue weighted by atomic mass is 10.1. The molecule has 0 aliphatic heterocycles. The number of phenols is 1. The maximum atomic E-state index is 11.8. The summed E-state index contributed by atoms with van der Waals surface area (Å²) in [5, 5.41) is 9.12. The maximum Gasteiger partial charge on any atom is 0.281 e. The van der Waals surface area contributed by atoms with Gasteiger partial charge in [-0.15, -0.1) is 0 Å². The van der Waals surface area contributed by atoms with E-state index in [-0.39, 0.29) is 10.6 Å². The number of hydrogen-bond acceptors (Lipinski definition) is 3. The molecule has 0 amide bonds. The number of hydrogen-bond donors (Lipinski definition) is 1. The Kier molecular flexibility index (Phi) is 6.45. The van der Waals surface area contributed by atoms with Gasteiger partial charge in [-0.3, -0.25) is 0 Å². The van der Waals surface area contributed by atoms with E-state index in [9.17, 15) is 8.42 Å². The van der Waals surface area contributed by atoms with Crippen molar-refractivity contribution in [1.82, 2.24) is 0 Å². The van der Waals surface area contributed by atoms with Gasteiger partial charge in [0, 0.05) is 12.6 Å². The van der Waals surface area contributed by atoms with Crippen molar-refractivity contribution in [3.8, 4) is 5.75 Å². The summed E-state index contributed by atoms with van der Waals surface area (Å²) in [7, 11) is -3.66. The van der Waals surface area contributed by atoms with E-state index in [1.54, 1.807) is 0 Å². The Bertz CT molecular complexity index is 559. The van der Waals surface area contributed by atoms with Gasteiger partial charge in [-0.2, -0.15) is 12.8 Å². The highest BCUT2D eigenvalue weighted by Crippen LogP contribution is 2.16. The van der Waals surface area contributed by atoms with Gasteiger partial charge in [0.25, 0.3) is 10.0 Å². The van der Waals surface area contributed by atoms with Gasteiger partial charge < -0.3 is 5.11 Å².